The third kappa shape index (κ3) is 4.68. The molecule has 0 spiro atoms. The highest BCUT2D eigenvalue weighted by atomic mass is 35.5. The van der Waals surface area contributed by atoms with Crippen LogP contribution < -0.4 is 10.2 Å². The van der Waals surface area contributed by atoms with Crippen molar-refractivity contribution in [2.24, 2.45) is 5.92 Å². The molecule has 0 bridgehead atoms. The van der Waals surface area contributed by atoms with Crippen molar-refractivity contribution in [1.82, 2.24) is 25.1 Å². The summed E-state index contributed by atoms with van der Waals surface area (Å²) >= 11 is 6.05. The van der Waals surface area contributed by atoms with Gasteiger partial charge in [-0.3, -0.25) is 4.79 Å². The average Bonchev–Trinajstić information content (AvgIpc) is 3.27. The number of hydrogen-bond donors (Lipinski definition) is 1. The number of benzene rings is 2. The highest BCUT2D eigenvalue weighted by Crippen LogP contribution is 2.28. The number of nitrogens with one attached hydrogen (secondary N) is 1. The minimum absolute atomic E-state index is 0.0559. The number of carbonyl (C=O) groups excluding carboxylic acids is 1. The summed E-state index contributed by atoms with van der Waals surface area (Å²) in [6, 6.07) is 15.8. The van der Waals surface area contributed by atoms with Crippen LogP contribution in [-0.4, -0.2) is 38.7 Å². The van der Waals surface area contributed by atoms with E-state index >= 15 is 0 Å². The molecule has 3 heterocycles. The third-order valence-corrected chi connectivity index (χ3v) is 6.28. The molecule has 168 valence electrons. The number of aryl methyl sites for hydroxylation is 1. The van der Waals surface area contributed by atoms with E-state index in [4.69, 9.17) is 11.6 Å². The van der Waals surface area contributed by atoms with Crippen LogP contribution in [0.15, 0.2) is 61.1 Å². The van der Waals surface area contributed by atoms with E-state index in [0.717, 1.165) is 41.8 Å². The fourth-order valence-corrected chi connectivity index (χ4v) is 4.48. The first-order chi connectivity index (χ1) is 16.1. The van der Waals surface area contributed by atoms with Crippen LogP contribution in [0.5, 0.6) is 0 Å². The molecule has 1 aliphatic rings. The van der Waals surface area contributed by atoms with Crippen molar-refractivity contribution >= 4 is 34.4 Å². The van der Waals surface area contributed by atoms with Crippen molar-refractivity contribution in [3.8, 4) is 5.69 Å². The Labute approximate surface area is 197 Å². The first-order valence-electron chi connectivity index (χ1n) is 11.1. The maximum atomic E-state index is 12.9. The fourth-order valence-electron chi connectivity index (χ4n) is 4.27. The number of hydrogen-bond acceptors (Lipinski definition) is 5. The number of halogens is 1. The Balaban J connectivity index is 1.33. The van der Waals surface area contributed by atoms with Gasteiger partial charge in [0.25, 0.3) is 0 Å². The second kappa shape index (κ2) is 9.19. The predicted octanol–water partition coefficient (Wildman–Crippen LogP) is 4.31. The predicted molar refractivity (Wildman–Crippen MR) is 130 cm³/mol. The zero-order valence-corrected chi connectivity index (χ0v) is 19.2. The van der Waals surface area contributed by atoms with Gasteiger partial charge in [-0.05, 0) is 49.6 Å². The molecule has 33 heavy (non-hydrogen) atoms. The van der Waals surface area contributed by atoms with Crippen LogP contribution >= 0.6 is 11.6 Å². The van der Waals surface area contributed by atoms with Crippen LogP contribution in [0.4, 0.5) is 5.82 Å². The van der Waals surface area contributed by atoms with Gasteiger partial charge in [-0.2, -0.15) is 0 Å². The summed E-state index contributed by atoms with van der Waals surface area (Å²) in [5, 5.41) is 9.26. The van der Waals surface area contributed by atoms with Crippen LogP contribution in [-0.2, 0) is 11.3 Å². The van der Waals surface area contributed by atoms with Crippen molar-refractivity contribution in [2.45, 2.75) is 26.3 Å². The number of aromatic nitrogens is 4. The summed E-state index contributed by atoms with van der Waals surface area (Å²) in [6.07, 6.45) is 5.30. The molecule has 1 aliphatic heterocycles. The number of anilines is 1. The highest BCUT2D eigenvalue weighted by molar-refractivity contribution is 6.30. The molecular weight excluding hydrogens is 436 g/mol. The van der Waals surface area contributed by atoms with Gasteiger partial charge in [0.15, 0.2) is 5.65 Å². The van der Waals surface area contributed by atoms with E-state index in [9.17, 15) is 4.79 Å². The molecule has 8 heteroatoms. The molecule has 1 N–H and O–H groups in total. The van der Waals surface area contributed by atoms with Crippen molar-refractivity contribution in [2.75, 3.05) is 18.0 Å². The van der Waals surface area contributed by atoms with Crippen LogP contribution in [0.3, 0.4) is 0 Å². The molecule has 1 fully saturated rings. The molecule has 1 unspecified atom stereocenters. The Morgan fingerprint density at radius 3 is 2.85 bits per heavy atom. The normalized spacial score (nSPS) is 16.2. The number of fused-ring (bicyclic) bond motifs is 1. The first kappa shape index (κ1) is 21.4. The van der Waals surface area contributed by atoms with Crippen LogP contribution in [0.1, 0.15) is 24.0 Å². The van der Waals surface area contributed by atoms with Gasteiger partial charge in [0.1, 0.15) is 12.1 Å². The van der Waals surface area contributed by atoms with Gasteiger partial charge in [-0.1, -0.05) is 41.4 Å². The molecule has 1 saturated heterocycles. The topological polar surface area (TPSA) is 75.9 Å². The lowest BCUT2D eigenvalue weighted by molar-refractivity contribution is -0.125. The first-order valence-corrected chi connectivity index (χ1v) is 11.5. The minimum atomic E-state index is -0.102. The van der Waals surface area contributed by atoms with E-state index in [1.807, 2.05) is 47.3 Å². The molecular formula is C25H25ClN6O. The molecule has 0 aliphatic carbocycles. The third-order valence-electron chi connectivity index (χ3n) is 6.04. The lowest BCUT2D eigenvalue weighted by atomic mass is 9.97. The molecule has 0 saturated carbocycles. The van der Waals surface area contributed by atoms with E-state index in [-0.39, 0.29) is 11.8 Å². The van der Waals surface area contributed by atoms with Gasteiger partial charge in [-0.15, -0.1) is 5.10 Å². The molecule has 0 radical (unpaired) electrons. The Kier molecular flexibility index (Phi) is 5.96. The fraction of sp³-hybridized carbons (Fsp3) is 0.280. The summed E-state index contributed by atoms with van der Waals surface area (Å²) in [5.41, 5.74) is 3.81. The van der Waals surface area contributed by atoms with Crippen molar-refractivity contribution in [3.63, 3.8) is 0 Å². The Bertz CT molecular complexity index is 1290. The molecule has 1 amide bonds. The molecule has 4 aromatic rings. The largest absolute Gasteiger partial charge is 0.355 e. The van der Waals surface area contributed by atoms with Gasteiger partial charge in [0.05, 0.1) is 17.0 Å². The maximum absolute atomic E-state index is 12.9. The average molecular weight is 461 g/mol. The zero-order valence-electron chi connectivity index (χ0n) is 18.4. The molecule has 2 aromatic heterocycles. The number of rotatable bonds is 5. The Morgan fingerprint density at radius 1 is 1.18 bits per heavy atom. The Hall–Kier alpha value is -3.45. The van der Waals surface area contributed by atoms with Gasteiger partial charge in [0.2, 0.25) is 5.91 Å². The lowest BCUT2D eigenvalue weighted by Crippen LogP contribution is -2.43. The monoisotopic (exact) mass is 460 g/mol. The number of amides is 1. The second-order valence-corrected chi connectivity index (χ2v) is 8.91. The quantitative estimate of drug-likeness (QED) is 0.480. The molecule has 5 rings (SSSR count). The minimum Gasteiger partial charge on any atom is -0.355 e. The van der Waals surface area contributed by atoms with Crippen LogP contribution in [0.2, 0.25) is 5.02 Å². The number of nitrogens with zero attached hydrogens (tertiary/aromatic N) is 5. The summed E-state index contributed by atoms with van der Waals surface area (Å²) < 4.78 is 1.83. The van der Waals surface area contributed by atoms with Gasteiger partial charge >= 0.3 is 0 Å². The summed E-state index contributed by atoms with van der Waals surface area (Å²) in [7, 11) is 0. The Morgan fingerprint density at radius 2 is 2.03 bits per heavy atom. The summed E-state index contributed by atoms with van der Waals surface area (Å²) in [6.45, 7) is 3.99. The van der Waals surface area contributed by atoms with Crippen molar-refractivity contribution in [1.29, 1.82) is 0 Å². The van der Waals surface area contributed by atoms with E-state index in [1.54, 1.807) is 6.33 Å². The van der Waals surface area contributed by atoms with Crippen molar-refractivity contribution in [3.05, 3.63) is 77.2 Å². The maximum Gasteiger partial charge on any atom is 0.225 e. The van der Waals surface area contributed by atoms with E-state index in [0.29, 0.717) is 23.8 Å². The summed E-state index contributed by atoms with van der Waals surface area (Å²) in [5.74, 6) is 0.779. The van der Waals surface area contributed by atoms with E-state index in [1.165, 1.54) is 5.56 Å². The zero-order chi connectivity index (χ0) is 22.8. The standard InChI is InChI=1S/C25H25ClN6O/c1-17-7-9-21(10-8-17)32-15-22-23(30-32)28-16-29-24(22)31-11-3-5-19(14-31)25(33)27-13-18-4-2-6-20(26)12-18/h2,4,6-10,12,15-16,19H,3,5,11,13-14H2,1H3,(H,27,33). The van der Waals surface area contributed by atoms with E-state index < -0.39 is 0 Å². The number of piperidine rings is 1. The smallest absolute Gasteiger partial charge is 0.225 e. The van der Waals surface area contributed by atoms with Crippen LogP contribution in [0, 0.1) is 12.8 Å². The van der Waals surface area contributed by atoms with Gasteiger partial charge < -0.3 is 10.2 Å². The second-order valence-electron chi connectivity index (χ2n) is 8.48. The molecule has 7 nitrogen and oxygen atoms in total. The van der Waals surface area contributed by atoms with Gasteiger partial charge in [0, 0.05) is 30.9 Å². The highest BCUT2D eigenvalue weighted by Gasteiger charge is 2.28. The SMILES string of the molecule is Cc1ccc(-n2cc3c(N4CCCC(C(=O)NCc5cccc(Cl)c5)C4)ncnc3n2)cc1. The van der Waals surface area contributed by atoms with Gasteiger partial charge in [-0.25, -0.2) is 14.6 Å². The lowest BCUT2D eigenvalue weighted by Gasteiger charge is -2.33. The molecule has 2 aromatic carbocycles. The van der Waals surface area contributed by atoms with Crippen LogP contribution in [0.25, 0.3) is 16.7 Å². The van der Waals surface area contributed by atoms with Crippen molar-refractivity contribution < 1.29 is 4.79 Å². The summed E-state index contributed by atoms with van der Waals surface area (Å²) in [4.78, 5) is 24.0. The molecule has 1 atom stereocenters. The number of carbonyl (C=O) groups is 1. The van der Waals surface area contributed by atoms with E-state index in [2.05, 4.69) is 44.3 Å².